The predicted octanol–water partition coefficient (Wildman–Crippen LogP) is 5.98. The highest BCUT2D eigenvalue weighted by Crippen LogP contribution is 2.30. The van der Waals surface area contributed by atoms with E-state index in [1.165, 1.54) is 35.6 Å². The van der Waals surface area contributed by atoms with Crippen LogP contribution in [0.2, 0.25) is 5.02 Å². The number of anilines is 1. The van der Waals surface area contributed by atoms with Crippen molar-refractivity contribution in [1.82, 2.24) is 9.21 Å². The number of hydrogen-bond acceptors (Lipinski definition) is 7. The highest BCUT2D eigenvalue weighted by atomic mass is 35.5. The highest BCUT2D eigenvalue weighted by Gasteiger charge is 2.33. The van der Waals surface area contributed by atoms with Crippen molar-refractivity contribution in [3.63, 3.8) is 0 Å². The summed E-state index contributed by atoms with van der Waals surface area (Å²) in [6.45, 7) is 6.03. The Labute approximate surface area is 284 Å². The smallest absolute Gasteiger partial charge is 0.258 e. The largest absolute Gasteiger partial charge is 0.490 e. The van der Waals surface area contributed by atoms with Crippen LogP contribution in [0, 0.1) is 11.8 Å². The minimum Gasteiger partial charge on any atom is -0.490 e. The van der Waals surface area contributed by atoms with E-state index in [0.717, 1.165) is 51.4 Å². The summed E-state index contributed by atoms with van der Waals surface area (Å²) in [5.41, 5.74) is 0.813. The molecule has 10 nitrogen and oxygen atoms in total. The number of carbonyl (C=O) groups is 2. The van der Waals surface area contributed by atoms with E-state index in [0.29, 0.717) is 28.6 Å². The summed E-state index contributed by atoms with van der Waals surface area (Å²) in [6, 6.07) is 10.6. The number of nitrogens with zero attached hydrogens (tertiary/aromatic N) is 2. The van der Waals surface area contributed by atoms with Crippen molar-refractivity contribution in [2.24, 2.45) is 11.8 Å². The van der Waals surface area contributed by atoms with Crippen LogP contribution >= 0.6 is 11.6 Å². The number of likely N-dealkylation sites (N-methyl/N-ethyl adjacent to an activating group) is 1. The maximum Gasteiger partial charge on any atom is 0.258 e. The third-order valence-electron chi connectivity index (χ3n) is 9.25. The van der Waals surface area contributed by atoms with Gasteiger partial charge in [0.1, 0.15) is 5.75 Å². The molecule has 0 saturated heterocycles. The number of hydrogen-bond donors (Lipinski definition) is 2. The third-order valence-corrected chi connectivity index (χ3v) is 11.3. The molecule has 0 radical (unpaired) electrons. The van der Waals surface area contributed by atoms with Gasteiger partial charge in [0, 0.05) is 49.3 Å². The SMILES string of the molecule is C[C@@H]1CCCCO[C@H](CN(C)S(=O)(=O)c2ccc(Cl)cc2)[C@H](C)CN([C@@H](C)CO)C(=O)c2cc(NC(=O)C3CCCCC3)ccc2O1. The summed E-state index contributed by atoms with van der Waals surface area (Å²) in [4.78, 5) is 29.1. The highest BCUT2D eigenvalue weighted by molar-refractivity contribution is 7.89. The van der Waals surface area contributed by atoms with Gasteiger partial charge in [-0.15, -0.1) is 0 Å². The van der Waals surface area contributed by atoms with Gasteiger partial charge >= 0.3 is 0 Å². The molecule has 4 rings (SSSR count). The molecule has 1 aliphatic heterocycles. The number of nitrogens with one attached hydrogen (secondary N) is 1. The zero-order chi connectivity index (χ0) is 34.1. The summed E-state index contributed by atoms with van der Waals surface area (Å²) in [5, 5.41) is 13.7. The second kappa shape index (κ2) is 17.1. The number of fused-ring (bicyclic) bond motifs is 1. The van der Waals surface area contributed by atoms with Gasteiger partial charge in [-0.3, -0.25) is 9.59 Å². The number of amides is 2. The van der Waals surface area contributed by atoms with E-state index >= 15 is 0 Å². The van der Waals surface area contributed by atoms with Crippen molar-refractivity contribution in [1.29, 1.82) is 0 Å². The summed E-state index contributed by atoms with van der Waals surface area (Å²) in [7, 11) is -2.32. The second-order valence-corrected chi connectivity index (χ2v) is 15.6. The average Bonchev–Trinajstić information content (AvgIpc) is 3.06. The summed E-state index contributed by atoms with van der Waals surface area (Å²) < 4.78 is 40.7. The fourth-order valence-corrected chi connectivity index (χ4v) is 7.52. The van der Waals surface area contributed by atoms with Crippen molar-refractivity contribution in [2.75, 3.05) is 38.7 Å². The Hall–Kier alpha value is -2.70. The summed E-state index contributed by atoms with van der Waals surface area (Å²) >= 11 is 5.99. The first kappa shape index (κ1) is 37.1. The van der Waals surface area contributed by atoms with Crippen molar-refractivity contribution in [3.05, 3.63) is 53.1 Å². The van der Waals surface area contributed by atoms with Crippen LogP contribution < -0.4 is 10.1 Å². The van der Waals surface area contributed by atoms with Gasteiger partial charge in [-0.25, -0.2) is 8.42 Å². The first-order valence-electron chi connectivity index (χ1n) is 16.8. The van der Waals surface area contributed by atoms with E-state index in [9.17, 15) is 23.1 Å². The van der Waals surface area contributed by atoms with Crippen molar-refractivity contribution < 1.29 is 32.6 Å². The van der Waals surface area contributed by atoms with Crippen LogP contribution in [0.1, 0.15) is 82.5 Å². The topological polar surface area (TPSA) is 125 Å². The van der Waals surface area contributed by atoms with Gasteiger partial charge in [-0.1, -0.05) is 37.8 Å². The molecule has 12 heteroatoms. The number of sulfonamides is 1. The molecule has 260 valence electrons. The molecule has 2 aliphatic rings. The van der Waals surface area contributed by atoms with Crippen LogP contribution in [0.15, 0.2) is 47.4 Å². The third kappa shape index (κ3) is 9.92. The Kier molecular flexibility index (Phi) is 13.5. The number of aliphatic hydroxyl groups is 1. The monoisotopic (exact) mass is 691 g/mol. The maximum atomic E-state index is 14.4. The standard InChI is InChI=1S/C35H50ClN3O7S/c1-24-21-39(25(2)23-40)35(42)31-20-29(37-34(41)27-11-6-5-7-12-27)15-18-32(31)46-26(3)10-8-9-19-45-33(24)22-38(4)47(43,44)30-16-13-28(36)14-17-30/h13-18,20,24-27,33,40H,5-12,19,21-23H2,1-4H3,(H,37,41)/t24-,25+,26-,33-/m1/s1. The van der Waals surface area contributed by atoms with Gasteiger partial charge in [0.25, 0.3) is 5.91 Å². The molecular formula is C35H50ClN3O7S. The molecule has 1 aliphatic carbocycles. The minimum absolute atomic E-state index is 0.0425. The quantitative estimate of drug-likeness (QED) is 0.349. The molecule has 2 aromatic carbocycles. The number of ether oxygens (including phenoxy) is 2. The van der Waals surface area contributed by atoms with Crippen molar-refractivity contribution in [2.45, 2.75) is 95.3 Å². The van der Waals surface area contributed by atoms with Crippen LogP contribution in [0.3, 0.4) is 0 Å². The lowest BCUT2D eigenvalue weighted by atomic mass is 9.88. The minimum atomic E-state index is -3.83. The zero-order valence-corrected chi connectivity index (χ0v) is 29.6. The van der Waals surface area contributed by atoms with Crippen molar-refractivity contribution in [3.8, 4) is 5.75 Å². The molecule has 1 saturated carbocycles. The lowest BCUT2D eigenvalue weighted by Gasteiger charge is -2.35. The van der Waals surface area contributed by atoms with Crippen LogP contribution in [-0.2, 0) is 19.6 Å². The molecule has 0 spiro atoms. The van der Waals surface area contributed by atoms with Crippen LogP contribution in [0.5, 0.6) is 5.75 Å². The maximum absolute atomic E-state index is 14.4. The zero-order valence-electron chi connectivity index (χ0n) is 28.0. The van der Waals surface area contributed by atoms with Crippen LogP contribution in [-0.4, -0.2) is 86.1 Å². The summed E-state index contributed by atoms with van der Waals surface area (Å²) in [6.07, 6.45) is 6.47. The molecular weight excluding hydrogens is 642 g/mol. The van der Waals surface area contributed by atoms with Crippen LogP contribution in [0.4, 0.5) is 5.69 Å². The molecule has 0 bridgehead atoms. The van der Waals surface area contributed by atoms with Gasteiger partial charge in [-0.05, 0) is 88.4 Å². The lowest BCUT2D eigenvalue weighted by Crippen LogP contribution is -2.48. The first-order chi connectivity index (χ1) is 22.4. The van der Waals surface area contributed by atoms with E-state index in [1.807, 2.05) is 13.8 Å². The normalized spacial score (nSPS) is 23.0. The fourth-order valence-electron chi connectivity index (χ4n) is 6.21. The molecule has 4 atom stereocenters. The Morgan fingerprint density at radius 2 is 1.74 bits per heavy atom. The van der Waals surface area contributed by atoms with Gasteiger partial charge in [0.15, 0.2) is 0 Å². The molecule has 2 N–H and O–H groups in total. The fraction of sp³-hybridized carbons (Fsp3) is 0.600. The molecule has 2 aromatic rings. The Bertz CT molecular complexity index is 1450. The molecule has 2 amide bonds. The van der Waals surface area contributed by atoms with Gasteiger partial charge in [0.2, 0.25) is 15.9 Å². The lowest BCUT2D eigenvalue weighted by molar-refractivity contribution is -0.120. The Morgan fingerprint density at radius 3 is 2.43 bits per heavy atom. The number of rotatable bonds is 8. The molecule has 1 fully saturated rings. The number of carbonyl (C=O) groups excluding carboxylic acids is 2. The number of benzene rings is 2. The van der Waals surface area contributed by atoms with E-state index in [-0.39, 0.29) is 54.3 Å². The average molecular weight is 692 g/mol. The van der Waals surface area contributed by atoms with Crippen LogP contribution in [0.25, 0.3) is 0 Å². The van der Waals surface area contributed by atoms with Gasteiger partial charge in [0.05, 0.1) is 35.3 Å². The summed E-state index contributed by atoms with van der Waals surface area (Å²) in [5.74, 6) is -0.336. The van der Waals surface area contributed by atoms with Gasteiger partial charge in [-0.2, -0.15) is 4.31 Å². The second-order valence-electron chi connectivity index (χ2n) is 13.1. The van der Waals surface area contributed by atoms with Crippen molar-refractivity contribution >= 4 is 39.1 Å². The van der Waals surface area contributed by atoms with E-state index in [1.54, 1.807) is 30.0 Å². The Morgan fingerprint density at radius 1 is 1.06 bits per heavy atom. The first-order valence-corrected chi connectivity index (χ1v) is 18.6. The van der Waals surface area contributed by atoms with E-state index < -0.39 is 22.2 Å². The number of aliphatic hydroxyl groups excluding tert-OH is 1. The molecule has 0 unspecified atom stereocenters. The molecule has 0 aromatic heterocycles. The molecule has 47 heavy (non-hydrogen) atoms. The Balaban J connectivity index is 1.62. The molecule has 1 heterocycles. The van der Waals surface area contributed by atoms with Gasteiger partial charge < -0.3 is 24.8 Å². The van der Waals surface area contributed by atoms with E-state index in [4.69, 9.17) is 21.1 Å². The van der Waals surface area contributed by atoms with E-state index in [2.05, 4.69) is 5.32 Å². The predicted molar refractivity (Wildman–Crippen MR) is 183 cm³/mol. The number of halogens is 1.